The minimum Gasteiger partial charge on any atom is -0.390 e. The van der Waals surface area contributed by atoms with Gasteiger partial charge in [0.2, 0.25) is 5.91 Å². The molecule has 0 saturated carbocycles. The van der Waals surface area contributed by atoms with E-state index >= 15 is 0 Å². The first-order chi connectivity index (χ1) is 13.7. The lowest BCUT2D eigenvalue weighted by atomic mass is 10.00. The number of aliphatic hydroxyl groups excluding tert-OH is 1. The quantitative estimate of drug-likeness (QED) is 0.588. The number of H-pyrrole nitrogens is 1. The lowest BCUT2D eigenvalue weighted by molar-refractivity contribution is -0.121. The number of aliphatic hydroxyl groups is 1. The van der Waals surface area contributed by atoms with Gasteiger partial charge < -0.3 is 15.4 Å². The molecule has 0 spiro atoms. The smallest absolute Gasteiger partial charge is 0.220 e. The first-order valence-electron chi connectivity index (χ1n) is 9.83. The van der Waals surface area contributed by atoms with E-state index in [4.69, 9.17) is 0 Å². The molecule has 0 unspecified atom stereocenters. The standard InChI is InChI=1S/C22H26N4O2/c27-20(15-26-10-8-16-3-1-2-4-18(16)14-26)12-24-22(28)6-5-19-11-17-7-9-23-13-21(17)25-19/h1-4,7,9,11,13,20,25,27H,5-6,8,10,12,14-15H2,(H,24,28)/t20-/m0/s1. The van der Waals surface area contributed by atoms with Crippen LogP contribution in [0.15, 0.2) is 48.8 Å². The number of fused-ring (bicyclic) bond motifs is 2. The molecule has 0 bridgehead atoms. The summed E-state index contributed by atoms with van der Waals surface area (Å²) < 4.78 is 0. The topological polar surface area (TPSA) is 81.2 Å². The summed E-state index contributed by atoms with van der Waals surface area (Å²) in [6.45, 7) is 2.66. The van der Waals surface area contributed by atoms with Crippen LogP contribution in [-0.4, -0.2) is 51.6 Å². The predicted octanol–water partition coefficient (Wildman–Crippen LogP) is 2.03. The van der Waals surface area contributed by atoms with Crippen molar-refractivity contribution in [2.24, 2.45) is 0 Å². The van der Waals surface area contributed by atoms with Crippen LogP contribution < -0.4 is 5.32 Å². The molecule has 0 saturated heterocycles. The van der Waals surface area contributed by atoms with Gasteiger partial charge in [0.15, 0.2) is 0 Å². The normalized spacial score (nSPS) is 15.3. The average Bonchev–Trinajstić information content (AvgIpc) is 3.14. The van der Waals surface area contributed by atoms with Gasteiger partial charge >= 0.3 is 0 Å². The number of nitrogens with one attached hydrogen (secondary N) is 2. The second kappa shape index (κ2) is 8.54. The Morgan fingerprint density at radius 3 is 3.00 bits per heavy atom. The number of carbonyl (C=O) groups excluding carboxylic acids is 1. The molecular formula is C22H26N4O2. The lowest BCUT2D eigenvalue weighted by Gasteiger charge is -2.30. The molecule has 1 atom stereocenters. The Kier molecular flexibility index (Phi) is 5.69. The number of aromatic amines is 1. The van der Waals surface area contributed by atoms with E-state index in [9.17, 15) is 9.90 Å². The third kappa shape index (κ3) is 4.58. The molecule has 0 radical (unpaired) electrons. The number of pyridine rings is 1. The monoisotopic (exact) mass is 378 g/mol. The van der Waals surface area contributed by atoms with Crippen LogP contribution in [0.1, 0.15) is 23.2 Å². The van der Waals surface area contributed by atoms with Gasteiger partial charge in [-0.25, -0.2) is 0 Å². The number of β-amino-alcohol motifs (C(OH)–C–C–N with tert-alkyl or cyclic N) is 1. The van der Waals surface area contributed by atoms with Crippen molar-refractivity contribution in [1.82, 2.24) is 20.2 Å². The Balaban J connectivity index is 1.19. The van der Waals surface area contributed by atoms with Crippen molar-refractivity contribution in [3.8, 4) is 0 Å². The maximum atomic E-state index is 12.1. The second-order valence-corrected chi connectivity index (χ2v) is 7.47. The van der Waals surface area contributed by atoms with Gasteiger partial charge in [-0.3, -0.25) is 14.7 Å². The van der Waals surface area contributed by atoms with E-state index in [1.165, 1.54) is 11.1 Å². The highest BCUT2D eigenvalue weighted by Gasteiger charge is 2.18. The highest BCUT2D eigenvalue weighted by atomic mass is 16.3. The summed E-state index contributed by atoms with van der Waals surface area (Å²) in [5.74, 6) is -0.0418. The number of benzene rings is 1. The molecule has 1 aliphatic rings. The number of carbonyl (C=O) groups is 1. The molecule has 146 valence electrons. The van der Waals surface area contributed by atoms with Crippen molar-refractivity contribution in [3.05, 3.63) is 65.6 Å². The number of rotatable bonds is 7. The summed E-state index contributed by atoms with van der Waals surface area (Å²) in [7, 11) is 0. The zero-order valence-corrected chi connectivity index (χ0v) is 15.9. The number of amides is 1. The third-order valence-corrected chi connectivity index (χ3v) is 5.31. The molecular weight excluding hydrogens is 352 g/mol. The molecule has 0 aliphatic carbocycles. The van der Waals surface area contributed by atoms with Gasteiger partial charge in [-0.05, 0) is 36.1 Å². The molecule has 4 rings (SSSR count). The molecule has 1 amide bonds. The third-order valence-electron chi connectivity index (χ3n) is 5.31. The SMILES string of the molecule is O=C(CCc1cc2ccncc2[nH]1)NC[C@H](O)CN1CCc2ccccc2C1. The fourth-order valence-corrected chi connectivity index (χ4v) is 3.81. The maximum Gasteiger partial charge on any atom is 0.220 e. The molecule has 3 N–H and O–H groups in total. The van der Waals surface area contributed by atoms with Crippen molar-refractivity contribution >= 4 is 16.8 Å². The molecule has 6 heteroatoms. The summed E-state index contributed by atoms with van der Waals surface area (Å²) >= 11 is 0. The van der Waals surface area contributed by atoms with Crippen LogP contribution in [-0.2, 0) is 24.2 Å². The van der Waals surface area contributed by atoms with Crippen molar-refractivity contribution in [2.45, 2.75) is 31.9 Å². The highest BCUT2D eigenvalue weighted by molar-refractivity contribution is 5.80. The Morgan fingerprint density at radius 1 is 1.29 bits per heavy atom. The molecule has 3 aromatic rings. The van der Waals surface area contributed by atoms with E-state index in [-0.39, 0.29) is 12.5 Å². The van der Waals surface area contributed by atoms with Crippen LogP contribution >= 0.6 is 0 Å². The summed E-state index contributed by atoms with van der Waals surface area (Å²) in [6.07, 6.45) is 5.02. The predicted molar refractivity (Wildman–Crippen MR) is 109 cm³/mol. The zero-order valence-electron chi connectivity index (χ0n) is 15.9. The minimum absolute atomic E-state index is 0.0418. The van der Waals surface area contributed by atoms with E-state index in [0.29, 0.717) is 19.4 Å². The van der Waals surface area contributed by atoms with E-state index in [0.717, 1.165) is 36.1 Å². The molecule has 2 aromatic heterocycles. The summed E-state index contributed by atoms with van der Waals surface area (Å²) in [6, 6.07) is 12.5. The fraction of sp³-hybridized carbons (Fsp3) is 0.364. The number of hydrogen-bond acceptors (Lipinski definition) is 4. The molecule has 3 heterocycles. The van der Waals surface area contributed by atoms with Gasteiger partial charge in [0.1, 0.15) is 0 Å². The second-order valence-electron chi connectivity index (χ2n) is 7.47. The molecule has 28 heavy (non-hydrogen) atoms. The molecule has 0 fully saturated rings. The Hall–Kier alpha value is -2.70. The van der Waals surface area contributed by atoms with Crippen LogP contribution in [0.3, 0.4) is 0 Å². The minimum atomic E-state index is -0.562. The summed E-state index contributed by atoms with van der Waals surface area (Å²) in [5.41, 5.74) is 4.73. The Labute approximate surface area is 164 Å². The number of nitrogens with zero attached hydrogens (tertiary/aromatic N) is 2. The van der Waals surface area contributed by atoms with Gasteiger partial charge in [0.25, 0.3) is 0 Å². The van der Waals surface area contributed by atoms with E-state index in [1.54, 1.807) is 12.4 Å². The van der Waals surface area contributed by atoms with Crippen molar-refractivity contribution in [3.63, 3.8) is 0 Å². The van der Waals surface area contributed by atoms with E-state index in [1.807, 2.05) is 12.1 Å². The van der Waals surface area contributed by atoms with Crippen molar-refractivity contribution in [2.75, 3.05) is 19.6 Å². The Bertz CT molecular complexity index is 919. The zero-order chi connectivity index (χ0) is 19.3. The average molecular weight is 378 g/mol. The van der Waals surface area contributed by atoms with Gasteiger partial charge in [-0.15, -0.1) is 0 Å². The van der Waals surface area contributed by atoms with Gasteiger partial charge in [0.05, 0.1) is 17.8 Å². The molecule has 6 nitrogen and oxygen atoms in total. The van der Waals surface area contributed by atoms with Crippen LogP contribution in [0.25, 0.3) is 10.9 Å². The summed E-state index contributed by atoms with van der Waals surface area (Å²) in [4.78, 5) is 21.7. The largest absolute Gasteiger partial charge is 0.390 e. The van der Waals surface area contributed by atoms with E-state index in [2.05, 4.69) is 44.5 Å². The van der Waals surface area contributed by atoms with E-state index < -0.39 is 6.10 Å². The number of hydrogen-bond donors (Lipinski definition) is 3. The fourth-order valence-electron chi connectivity index (χ4n) is 3.81. The van der Waals surface area contributed by atoms with Gasteiger partial charge in [-0.1, -0.05) is 24.3 Å². The molecule has 1 aromatic carbocycles. The number of aromatic nitrogens is 2. The summed E-state index contributed by atoms with van der Waals surface area (Å²) in [5, 5.41) is 14.3. The van der Waals surface area contributed by atoms with Crippen LogP contribution in [0.5, 0.6) is 0 Å². The first-order valence-corrected chi connectivity index (χ1v) is 9.83. The first kappa shape index (κ1) is 18.7. The van der Waals surface area contributed by atoms with Crippen molar-refractivity contribution < 1.29 is 9.90 Å². The molecule has 1 aliphatic heterocycles. The van der Waals surface area contributed by atoms with Gasteiger partial charge in [-0.2, -0.15) is 0 Å². The Morgan fingerprint density at radius 2 is 2.14 bits per heavy atom. The van der Waals surface area contributed by atoms with Gasteiger partial charge in [0, 0.05) is 49.9 Å². The van der Waals surface area contributed by atoms with Crippen LogP contribution in [0, 0.1) is 0 Å². The van der Waals surface area contributed by atoms with Crippen LogP contribution in [0.2, 0.25) is 0 Å². The maximum absolute atomic E-state index is 12.1. The van der Waals surface area contributed by atoms with Crippen LogP contribution in [0.4, 0.5) is 0 Å². The van der Waals surface area contributed by atoms with Crippen molar-refractivity contribution in [1.29, 1.82) is 0 Å². The lowest BCUT2D eigenvalue weighted by Crippen LogP contribution is -2.42. The number of aryl methyl sites for hydroxylation is 1. The highest BCUT2D eigenvalue weighted by Crippen LogP contribution is 2.18.